The van der Waals surface area contributed by atoms with Crippen LogP contribution in [0.1, 0.15) is 16.8 Å². The second-order valence-electron chi connectivity index (χ2n) is 5.69. The number of ether oxygens (including phenoxy) is 1. The van der Waals surface area contributed by atoms with Crippen LogP contribution >= 0.6 is 0 Å². The number of sulfonamides is 1. The minimum atomic E-state index is -3.63. The van der Waals surface area contributed by atoms with E-state index < -0.39 is 10.0 Å². The van der Waals surface area contributed by atoms with Gasteiger partial charge in [0.15, 0.2) is 5.03 Å². The van der Waals surface area contributed by atoms with E-state index in [0.717, 1.165) is 0 Å². The lowest BCUT2D eigenvalue weighted by atomic mass is 10.2. The average Bonchev–Trinajstić information content (AvgIpc) is 3.18. The number of imidazole rings is 1. The molecule has 3 heterocycles. The number of hydrogen-bond acceptors (Lipinski definition) is 6. The summed E-state index contributed by atoms with van der Waals surface area (Å²) in [5.74, 6) is 0.0458. The Morgan fingerprint density at radius 3 is 2.76 bits per heavy atom. The molecular formula is C14H20N6O4S. The Morgan fingerprint density at radius 1 is 1.28 bits per heavy atom. The van der Waals surface area contributed by atoms with Crippen molar-refractivity contribution in [1.82, 2.24) is 29.0 Å². The Bertz CT molecular complexity index is 845. The Labute approximate surface area is 145 Å². The van der Waals surface area contributed by atoms with E-state index in [9.17, 15) is 13.2 Å². The molecule has 1 aliphatic heterocycles. The molecule has 0 aliphatic carbocycles. The Balaban J connectivity index is 1.74. The fourth-order valence-electron chi connectivity index (χ4n) is 2.80. The molecule has 0 unspecified atom stereocenters. The third-order valence-corrected chi connectivity index (χ3v) is 5.88. The van der Waals surface area contributed by atoms with Gasteiger partial charge in [0.1, 0.15) is 5.56 Å². The molecule has 10 nitrogen and oxygen atoms in total. The van der Waals surface area contributed by atoms with Crippen molar-refractivity contribution in [2.75, 3.05) is 33.3 Å². The number of aromatic nitrogens is 4. The highest BCUT2D eigenvalue weighted by molar-refractivity contribution is 7.89. The van der Waals surface area contributed by atoms with Gasteiger partial charge in [0.05, 0.1) is 19.6 Å². The van der Waals surface area contributed by atoms with E-state index in [2.05, 4.69) is 15.1 Å². The van der Waals surface area contributed by atoms with Crippen molar-refractivity contribution in [2.24, 2.45) is 7.05 Å². The van der Waals surface area contributed by atoms with Crippen molar-refractivity contribution in [1.29, 1.82) is 0 Å². The van der Waals surface area contributed by atoms with Gasteiger partial charge in [0, 0.05) is 39.4 Å². The normalized spacial score (nSPS) is 16.6. The minimum Gasteiger partial charge on any atom is -0.479 e. The fourth-order valence-corrected chi connectivity index (χ4v) is 4.16. The Hall–Kier alpha value is -2.40. The second kappa shape index (κ2) is 6.84. The van der Waals surface area contributed by atoms with Gasteiger partial charge in [0.2, 0.25) is 5.88 Å². The maximum Gasteiger partial charge on any atom is 0.261 e. The highest BCUT2D eigenvalue weighted by atomic mass is 32.2. The molecule has 1 aliphatic rings. The summed E-state index contributed by atoms with van der Waals surface area (Å²) in [4.78, 5) is 20.8. The van der Waals surface area contributed by atoms with Crippen LogP contribution in [-0.4, -0.2) is 76.6 Å². The number of carbonyl (C=O) groups excluding carboxylic acids is 1. The molecule has 11 heteroatoms. The van der Waals surface area contributed by atoms with E-state index in [1.165, 1.54) is 28.6 Å². The van der Waals surface area contributed by atoms with Crippen LogP contribution in [-0.2, 0) is 17.1 Å². The van der Waals surface area contributed by atoms with Crippen molar-refractivity contribution < 1.29 is 17.9 Å². The van der Waals surface area contributed by atoms with Crippen molar-refractivity contribution in [3.05, 3.63) is 24.3 Å². The summed E-state index contributed by atoms with van der Waals surface area (Å²) < 4.78 is 33.2. The average molecular weight is 368 g/mol. The van der Waals surface area contributed by atoms with Gasteiger partial charge in [0.25, 0.3) is 15.9 Å². The number of aryl methyl sites for hydroxylation is 1. The first-order valence-electron chi connectivity index (χ1n) is 7.79. The predicted octanol–water partition coefficient (Wildman–Crippen LogP) is -0.311. The highest BCUT2D eigenvalue weighted by Crippen LogP contribution is 2.20. The van der Waals surface area contributed by atoms with Gasteiger partial charge in [-0.05, 0) is 6.42 Å². The summed E-state index contributed by atoms with van der Waals surface area (Å²) in [6.45, 7) is 1.32. The molecule has 0 bridgehead atoms. The van der Waals surface area contributed by atoms with Gasteiger partial charge in [-0.2, -0.15) is 4.31 Å². The smallest absolute Gasteiger partial charge is 0.261 e. The van der Waals surface area contributed by atoms with Crippen LogP contribution in [0.4, 0.5) is 0 Å². The predicted molar refractivity (Wildman–Crippen MR) is 87.6 cm³/mol. The first-order chi connectivity index (χ1) is 11.9. The monoisotopic (exact) mass is 368 g/mol. The number of nitrogens with one attached hydrogen (secondary N) is 1. The van der Waals surface area contributed by atoms with E-state index in [-0.39, 0.29) is 23.4 Å². The zero-order valence-electron chi connectivity index (χ0n) is 14.0. The number of amides is 1. The molecule has 136 valence electrons. The molecule has 1 saturated heterocycles. The first kappa shape index (κ1) is 17.4. The summed E-state index contributed by atoms with van der Waals surface area (Å²) in [5, 5.41) is 4.14. The van der Waals surface area contributed by atoms with E-state index in [0.29, 0.717) is 31.6 Å². The SMILES string of the molecule is COc1nn(C)cc1C(=O)N1CCCN(S(=O)(=O)c2cnc[nH]2)CC1. The zero-order chi connectivity index (χ0) is 18.0. The van der Waals surface area contributed by atoms with E-state index in [1.54, 1.807) is 18.1 Å². The van der Waals surface area contributed by atoms with Crippen molar-refractivity contribution in [3.63, 3.8) is 0 Å². The summed E-state index contributed by atoms with van der Waals surface area (Å²) in [6.07, 6.45) is 4.76. The minimum absolute atomic E-state index is 0.0567. The van der Waals surface area contributed by atoms with Gasteiger partial charge in [-0.15, -0.1) is 5.10 Å². The van der Waals surface area contributed by atoms with Crippen molar-refractivity contribution >= 4 is 15.9 Å². The number of carbonyl (C=O) groups is 1. The van der Waals surface area contributed by atoms with Crippen LogP contribution in [0.5, 0.6) is 5.88 Å². The van der Waals surface area contributed by atoms with Crippen LogP contribution in [0.15, 0.2) is 23.7 Å². The quantitative estimate of drug-likeness (QED) is 0.792. The molecule has 0 spiro atoms. The lowest BCUT2D eigenvalue weighted by Crippen LogP contribution is -2.37. The van der Waals surface area contributed by atoms with Gasteiger partial charge in [-0.25, -0.2) is 13.4 Å². The van der Waals surface area contributed by atoms with E-state index in [1.807, 2.05) is 0 Å². The topological polar surface area (TPSA) is 113 Å². The molecular weight excluding hydrogens is 348 g/mol. The van der Waals surface area contributed by atoms with Gasteiger partial charge < -0.3 is 14.6 Å². The summed E-state index contributed by atoms with van der Waals surface area (Å²) >= 11 is 0. The third-order valence-electron chi connectivity index (χ3n) is 4.05. The number of nitrogens with zero attached hydrogens (tertiary/aromatic N) is 5. The number of methoxy groups -OCH3 is 1. The van der Waals surface area contributed by atoms with Crippen LogP contribution < -0.4 is 4.74 Å². The summed E-state index contributed by atoms with van der Waals surface area (Å²) in [7, 11) is -0.461. The van der Waals surface area contributed by atoms with Crippen LogP contribution in [0.2, 0.25) is 0 Å². The van der Waals surface area contributed by atoms with Crippen molar-refractivity contribution in [3.8, 4) is 5.88 Å². The second-order valence-corrected chi connectivity index (χ2v) is 7.60. The molecule has 2 aromatic heterocycles. The number of rotatable bonds is 4. The van der Waals surface area contributed by atoms with Gasteiger partial charge in [-0.3, -0.25) is 9.48 Å². The van der Waals surface area contributed by atoms with Gasteiger partial charge >= 0.3 is 0 Å². The standard InChI is InChI=1S/C14H20N6O4S/c1-18-9-11(13(17-18)24-2)14(21)19-4-3-5-20(7-6-19)25(22,23)12-8-15-10-16-12/h8-10H,3-7H2,1-2H3,(H,15,16). The van der Waals surface area contributed by atoms with Gasteiger partial charge in [-0.1, -0.05) is 0 Å². The lowest BCUT2D eigenvalue weighted by Gasteiger charge is -2.21. The van der Waals surface area contributed by atoms with Crippen LogP contribution in [0.3, 0.4) is 0 Å². The summed E-state index contributed by atoms with van der Waals surface area (Å²) in [5.41, 5.74) is 0.370. The molecule has 0 aromatic carbocycles. The third kappa shape index (κ3) is 3.37. The largest absolute Gasteiger partial charge is 0.479 e. The van der Waals surface area contributed by atoms with E-state index in [4.69, 9.17) is 4.74 Å². The lowest BCUT2D eigenvalue weighted by molar-refractivity contribution is 0.0761. The Morgan fingerprint density at radius 2 is 2.08 bits per heavy atom. The fraction of sp³-hybridized carbons (Fsp3) is 0.500. The maximum atomic E-state index is 12.7. The number of hydrogen-bond donors (Lipinski definition) is 1. The molecule has 0 saturated carbocycles. The van der Waals surface area contributed by atoms with E-state index >= 15 is 0 Å². The summed E-state index contributed by atoms with van der Waals surface area (Å²) in [6, 6.07) is 0. The number of H-pyrrole nitrogens is 1. The molecule has 0 atom stereocenters. The number of aromatic amines is 1. The first-order valence-corrected chi connectivity index (χ1v) is 9.23. The maximum absolute atomic E-state index is 12.7. The molecule has 1 N–H and O–H groups in total. The highest BCUT2D eigenvalue weighted by Gasteiger charge is 2.30. The van der Waals surface area contributed by atoms with Crippen molar-refractivity contribution in [2.45, 2.75) is 11.4 Å². The molecule has 2 aromatic rings. The molecule has 3 rings (SSSR count). The Kier molecular flexibility index (Phi) is 4.77. The zero-order valence-corrected chi connectivity index (χ0v) is 14.9. The van der Waals surface area contributed by atoms with Crippen LogP contribution in [0, 0.1) is 0 Å². The molecule has 1 amide bonds. The molecule has 0 radical (unpaired) electrons. The molecule has 25 heavy (non-hydrogen) atoms. The van der Waals surface area contributed by atoms with Crippen LogP contribution in [0.25, 0.3) is 0 Å². The molecule has 1 fully saturated rings.